The van der Waals surface area contributed by atoms with Gasteiger partial charge in [0.2, 0.25) is 5.88 Å². The van der Waals surface area contributed by atoms with E-state index in [0.29, 0.717) is 59.8 Å². The van der Waals surface area contributed by atoms with Crippen molar-refractivity contribution in [2.45, 2.75) is 38.3 Å². The molecule has 1 amide bonds. The number of rotatable bonds is 9. The van der Waals surface area contributed by atoms with Crippen LogP contribution in [0.4, 0.5) is 14.6 Å². The minimum absolute atomic E-state index is 0.00122. The second-order valence-corrected chi connectivity index (χ2v) is 11.3. The first kappa shape index (κ1) is 28.8. The van der Waals surface area contributed by atoms with Gasteiger partial charge in [-0.3, -0.25) is 4.79 Å². The lowest BCUT2D eigenvalue weighted by atomic mass is 9.61. The number of anilines is 1. The standard InChI is InChI=1S/C31H33F2N5O5/c1-3-42-29-22(5-4-11-34-29)24-7-9-26(27(36-24)28(39)35-20-10-12-38(33)16-20)43-21-14-31(15-21)17-37(18-31)25-8-6-19(32)13-23(25)30(40)41-2/h4-9,11,13,20-21H,3,10,12,14-18H2,1-2H3,(H,35,39). The van der Waals surface area contributed by atoms with Gasteiger partial charge >= 0.3 is 5.97 Å². The van der Waals surface area contributed by atoms with Crippen molar-refractivity contribution in [3.63, 3.8) is 0 Å². The number of hydrogen-bond donors (Lipinski definition) is 1. The molecule has 6 rings (SSSR count). The number of esters is 1. The van der Waals surface area contributed by atoms with Gasteiger partial charge in [-0.1, -0.05) is 0 Å². The molecule has 12 heteroatoms. The van der Waals surface area contributed by atoms with Crippen LogP contribution in [0.25, 0.3) is 11.3 Å². The minimum Gasteiger partial charge on any atom is -0.488 e. The summed E-state index contributed by atoms with van der Waals surface area (Å²) in [6.45, 7) is 4.04. The van der Waals surface area contributed by atoms with Crippen LogP contribution < -0.4 is 19.7 Å². The highest BCUT2D eigenvalue weighted by atomic mass is 19.2. The molecule has 0 radical (unpaired) electrons. The van der Waals surface area contributed by atoms with Crippen LogP contribution in [0.3, 0.4) is 0 Å². The molecule has 2 aromatic heterocycles. The summed E-state index contributed by atoms with van der Waals surface area (Å²) >= 11 is 0. The average molecular weight is 594 g/mol. The monoisotopic (exact) mass is 593 g/mol. The first-order valence-electron chi connectivity index (χ1n) is 14.4. The fourth-order valence-electron chi connectivity index (χ4n) is 6.20. The molecule has 10 nitrogen and oxygen atoms in total. The number of ether oxygens (including phenoxy) is 3. The van der Waals surface area contributed by atoms with E-state index in [1.807, 2.05) is 17.9 Å². The van der Waals surface area contributed by atoms with Crippen LogP contribution >= 0.6 is 0 Å². The molecule has 1 atom stereocenters. The molecule has 1 N–H and O–H groups in total. The normalized spacial score (nSPS) is 19.4. The molecule has 3 aromatic rings. The number of nitrogens with one attached hydrogen (secondary N) is 1. The number of carbonyl (C=O) groups excluding carboxylic acids is 2. The SMILES string of the molecule is CCOc1ncccc1-c1ccc(OC2CC3(C2)CN(c2ccc(F)cc2C(=O)OC)C3)c(C(=O)NC2CCN(F)C2)n1. The maximum absolute atomic E-state index is 13.8. The van der Waals surface area contributed by atoms with E-state index in [9.17, 15) is 18.5 Å². The zero-order chi connectivity index (χ0) is 30.1. The van der Waals surface area contributed by atoms with Crippen molar-refractivity contribution in [2.75, 3.05) is 44.8 Å². The first-order valence-corrected chi connectivity index (χ1v) is 14.4. The number of hydrogen-bond acceptors (Lipinski definition) is 9. The number of methoxy groups -OCH3 is 1. The molecule has 1 aromatic carbocycles. The van der Waals surface area contributed by atoms with Crippen molar-refractivity contribution in [1.82, 2.24) is 20.4 Å². The van der Waals surface area contributed by atoms with E-state index in [1.54, 1.807) is 30.5 Å². The summed E-state index contributed by atoms with van der Waals surface area (Å²) in [6.07, 6.45) is 3.49. The largest absolute Gasteiger partial charge is 0.488 e. The summed E-state index contributed by atoms with van der Waals surface area (Å²) < 4.78 is 44.3. The quantitative estimate of drug-likeness (QED) is 0.289. The molecular formula is C31H33F2N5O5. The first-order chi connectivity index (χ1) is 20.8. The van der Waals surface area contributed by atoms with Crippen molar-refractivity contribution in [2.24, 2.45) is 5.41 Å². The third kappa shape index (κ3) is 5.83. The molecule has 226 valence electrons. The molecule has 2 saturated heterocycles. The third-order valence-electron chi connectivity index (χ3n) is 8.25. The second kappa shape index (κ2) is 11.8. The number of halogens is 2. The fraction of sp³-hybridized carbons (Fsp3) is 0.419. The molecule has 43 heavy (non-hydrogen) atoms. The smallest absolute Gasteiger partial charge is 0.340 e. The number of nitrogens with zero attached hydrogens (tertiary/aromatic N) is 4. The lowest BCUT2D eigenvalue weighted by molar-refractivity contribution is -0.0345. The van der Waals surface area contributed by atoms with Gasteiger partial charge in [0.25, 0.3) is 5.91 Å². The summed E-state index contributed by atoms with van der Waals surface area (Å²) in [4.78, 5) is 36.6. The molecule has 4 heterocycles. The number of amides is 1. The predicted octanol–water partition coefficient (Wildman–Crippen LogP) is 4.20. The Kier molecular flexibility index (Phi) is 7.87. The fourth-order valence-corrected chi connectivity index (χ4v) is 6.20. The van der Waals surface area contributed by atoms with Crippen LogP contribution in [0.1, 0.15) is 47.0 Å². The van der Waals surface area contributed by atoms with Gasteiger partial charge in [0, 0.05) is 43.8 Å². The molecule has 3 fully saturated rings. The van der Waals surface area contributed by atoms with Crippen LogP contribution in [0.2, 0.25) is 0 Å². The third-order valence-corrected chi connectivity index (χ3v) is 8.25. The van der Waals surface area contributed by atoms with Gasteiger partial charge in [-0.2, -0.15) is 0 Å². The van der Waals surface area contributed by atoms with Gasteiger partial charge in [0.05, 0.1) is 36.2 Å². The zero-order valence-corrected chi connectivity index (χ0v) is 24.0. The number of benzene rings is 1. The number of aromatic nitrogens is 2. The van der Waals surface area contributed by atoms with Crippen molar-refractivity contribution in [3.05, 3.63) is 65.7 Å². The molecule has 2 aliphatic heterocycles. The van der Waals surface area contributed by atoms with Gasteiger partial charge in [0.1, 0.15) is 11.9 Å². The Hall–Kier alpha value is -4.32. The van der Waals surface area contributed by atoms with E-state index in [2.05, 4.69) is 15.3 Å². The van der Waals surface area contributed by atoms with Crippen molar-refractivity contribution in [3.8, 4) is 22.9 Å². The lowest BCUT2D eigenvalue weighted by Gasteiger charge is -2.59. The Morgan fingerprint density at radius 3 is 2.70 bits per heavy atom. The van der Waals surface area contributed by atoms with Gasteiger partial charge < -0.3 is 24.4 Å². The highest BCUT2D eigenvalue weighted by Crippen LogP contribution is 2.51. The maximum Gasteiger partial charge on any atom is 0.340 e. The summed E-state index contributed by atoms with van der Waals surface area (Å²) in [5.74, 6) is -0.754. The van der Waals surface area contributed by atoms with E-state index in [1.165, 1.54) is 19.2 Å². The Labute approximate surface area is 247 Å². The molecule has 1 aliphatic carbocycles. The molecule has 0 bridgehead atoms. The van der Waals surface area contributed by atoms with Crippen LogP contribution in [0.5, 0.6) is 11.6 Å². The van der Waals surface area contributed by atoms with E-state index in [4.69, 9.17) is 14.2 Å². The number of carbonyl (C=O) groups is 2. The maximum atomic E-state index is 13.8. The summed E-state index contributed by atoms with van der Waals surface area (Å²) in [6, 6.07) is 10.9. The zero-order valence-electron chi connectivity index (χ0n) is 24.0. The van der Waals surface area contributed by atoms with Crippen LogP contribution in [0, 0.1) is 11.2 Å². The van der Waals surface area contributed by atoms with E-state index < -0.39 is 17.7 Å². The average Bonchev–Trinajstić information content (AvgIpc) is 3.38. The van der Waals surface area contributed by atoms with Gasteiger partial charge in [-0.15, -0.1) is 9.60 Å². The Morgan fingerprint density at radius 1 is 1.16 bits per heavy atom. The minimum atomic E-state index is -0.580. The second-order valence-electron chi connectivity index (χ2n) is 11.3. The summed E-state index contributed by atoms with van der Waals surface area (Å²) in [5, 5.41) is 3.58. The highest BCUT2D eigenvalue weighted by molar-refractivity contribution is 5.96. The highest BCUT2D eigenvalue weighted by Gasteiger charge is 2.54. The van der Waals surface area contributed by atoms with Gasteiger partial charge in [0.15, 0.2) is 11.4 Å². The Balaban J connectivity index is 1.17. The van der Waals surface area contributed by atoms with Crippen LogP contribution in [0.15, 0.2) is 48.7 Å². The molecule has 1 saturated carbocycles. The van der Waals surface area contributed by atoms with E-state index in [0.717, 1.165) is 12.8 Å². The predicted molar refractivity (Wildman–Crippen MR) is 153 cm³/mol. The Bertz CT molecular complexity index is 1520. The Morgan fingerprint density at radius 2 is 1.98 bits per heavy atom. The molecular weight excluding hydrogens is 560 g/mol. The van der Waals surface area contributed by atoms with Crippen LogP contribution in [-0.2, 0) is 4.74 Å². The van der Waals surface area contributed by atoms with Gasteiger partial charge in [-0.25, -0.2) is 19.2 Å². The lowest BCUT2D eigenvalue weighted by Crippen LogP contribution is -2.65. The van der Waals surface area contributed by atoms with Crippen molar-refractivity contribution in [1.29, 1.82) is 0 Å². The van der Waals surface area contributed by atoms with E-state index in [-0.39, 0.29) is 41.9 Å². The van der Waals surface area contributed by atoms with Crippen molar-refractivity contribution < 1.29 is 32.7 Å². The summed E-state index contributed by atoms with van der Waals surface area (Å²) in [5.41, 5.74) is 2.11. The molecule has 1 spiro atoms. The molecule has 3 aliphatic rings. The number of pyridine rings is 2. The van der Waals surface area contributed by atoms with Crippen LogP contribution in [-0.4, -0.2) is 79.0 Å². The van der Waals surface area contributed by atoms with E-state index >= 15 is 0 Å². The summed E-state index contributed by atoms with van der Waals surface area (Å²) in [7, 11) is 1.27. The molecule has 1 unspecified atom stereocenters. The topological polar surface area (TPSA) is 106 Å². The van der Waals surface area contributed by atoms with Crippen molar-refractivity contribution >= 4 is 17.6 Å². The van der Waals surface area contributed by atoms with Gasteiger partial charge in [-0.05, 0) is 68.7 Å².